The highest BCUT2D eigenvalue weighted by molar-refractivity contribution is 5.94. The normalized spacial score (nSPS) is 15.1. The number of nitrogens with zero attached hydrogens (tertiary/aromatic N) is 1. The Morgan fingerprint density at radius 3 is 2.35 bits per heavy atom. The van der Waals surface area contributed by atoms with E-state index in [1.165, 1.54) is 17.7 Å². The van der Waals surface area contributed by atoms with Crippen molar-refractivity contribution in [3.8, 4) is 11.5 Å². The molecule has 1 amide bonds. The topological polar surface area (TPSA) is 50.8 Å². The Morgan fingerprint density at radius 1 is 1.12 bits per heavy atom. The van der Waals surface area contributed by atoms with E-state index >= 15 is 0 Å². The number of halogens is 1. The van der Waals surface area contributed by atoms with Gasteiger partial charge in [0, 0.05) is 18.8 Å². The molecule has 0 fully saturated rings. The van der Waals surface area contributed by atoms with Gasteiger partial charge < -0.3 is 14.8 Å². The first-order chi connectivity index (χ1) is 12.5. The third kappa shape index (κ3) is 3.80. The van der Waals surface area contributed by atoms with Crippen LogP contribution in [0.4, 0.5) is 10.1 Å². The summed E-state index contributed by atoms with van der Waals surface area (Å²) in [4.78, 5) is 14.7. The van der Waals surface area contributed by atoms with Crippen molar-refractivity contribution in [2.75, 3.05) is 26.1 Å². The minimum Gasteiger partial charge on any atom is -0.493 e. The molecule has 3 rings (SSSR count). The van der Waals surface area contributed by atoms with E-state index in [-0.39, 0.29) is 17.8 Å². The summed E-state index contributed by atoms with van der Waals surface area (Å²) in [6.07, 6.45) is 0.837. The van der Waals surface area contributed by atoms with Crippen molar-refractivity contribution in [3.05, 3.63) is 53.3 Å². The summed E-state index contributed by atoms with van der Waals surface area (Å²) < 4.78 is 23.7. The van der Waals surface area contributed by atoms with Gasteiger partial charge in [-0.25, -0.2) is 4.39 Å². The molecule has 26 heavy (non-hydrogen) atoms. The van der Waals surface area contributed by atoms with Crippen molar-refractivity contribution in [1.82, 2.24) is 4.90 Å². The molecular weight excluding hydrogens is 335 g/mol. The number of amides is 1. The maximum atomic E-state index is 13.0. The molecular formula is C20H23FN2O3. The molecule has 0 aromatic heterocycles. The van der Waals surface area contributed by atoms with Gasteiger partial charge in [-0.1, -0.05) is 0 Å². The molecule has 0 spiro atoms. The van der Waals surface area contributed by atoms with E-state index in [9.17, 15) is 9.18 Å². The molecule has 1 aliphatic rings. The fraction of sp³-hybridized carbons (Fsp3) is 0.350. The fourth-order valence-electron chi connectivity index (χ4n) is 3.18. The maximum Gasteiger partial charge on any atom is 0.241 e. The first-order valence-corrected chi connectivity index (χ1v) is 8.56. The van der Waals surface area contributed by atoms with Crippen LogP contribution < -0.4 is 14.8 Å². The monoisotopic (exact) mass is 358 g/mol. The Balaban J connectivity index is 1.71. The third-order valence-corrected chi connectivity index (χ3v) is 4.79. The van der Waals surface area contributed by atoms with Gasteiger partial charge in [-0.3, -0.25) is 9.69 Å². The largest absolute Gasteiger partial charge is 0.493 e. The van der Waals surface area contributed by atoms with Crippen LogP contribution in [-0.4, -0.2) is 37.6 Å². The van der Waals surface area contributed by atoms with E-state index in [1.807, 2.05) is 19.1 Å². The molecule has 1 N–H and O–H groups in total. The lowest BCUT2D eigenvalue weighted by Crippen LogP contribution is -2.44. The summed E-state index contributed by atoms with van der Waals surface area (Å²) in [5.74, 6) is 0.979. The molecule has 6 heteroatoms. The molecule has 0 saturated heterocycles. The van der Waals surface area contributed by atoms with Crippen LogP contribution in [-0.2, 0) is 17.8 Å². The molecule has 2 aromatic rings. The van der Waals surface area contributed by atoms with Gasteiger partial charge in [-0.2, -0.15) is 0 Å². The SMILES string of the molecule is COc1cc2c(cc1OC)CN([C@@H](C)C(=O)Nc1ccc(F)cc1)CC2. The molecule has 0 unspecified atom stereocenters. The predicted octanol–water partition coefficient (Wildman–Crippen LogP) is 3.23. The lowest BCUT2D eigenvalue weighted by molar-refractivity contribution is -0.121. The number of rotatable bonds is 5. The van der Waals surface area contributed by atoms with Crippen molar-refractivity contribution in [2.45, 2.75) is 25.9 Å². The highest BCUT2D eigenvalue weighted by Gasteiger charge is 2.26. The number of nitrogens with one attached hydrogen (secondary N) is 1. The van der Waals surface area contributed by atoms with Gasteiger partial charge in [0.25, 0.3) is 0 Å². The Morgan fingerprint density at radius 2 is 1.73 bits per heavy atom. The van der Waals surface area contributed by atoms with Gasteiger partial charge in [-0.05, 0) is 60.9 Å². The van der Waals surface area contributed by atoms with Crippen LogP contribution in [0.5, 0.6) is 11.5 Å². The zero-order valence-corrected chi connectivity index (χ0v) is 15.2. The zero-order valence-electron chi connectivity index (χ0n) is 15.2. The molecule has 1 heterocycles. The van der Waals surface area contributed by atoms with Gasteiger partial charge in [0.05, 0.1) is 20.3 Å². The first-order valence-electron chi connectivity index (χ1n) is 8.56. The van der Waals surface area contributed by atoms with Gasteiger partial charge in [0.15, 0.2) is 11.5 Å². The fourth-order valence-corrected chi connectivity index (χ4v) is 3.18. The maximum absolute atomic E-state index is 13.0. The van der Waals surface area contributed by atoms with E-state index in [0.29, 0.717) is 18.0 Å². The minimum atomic E-state index is -0.326. The number of carbonyl (C=O) groups excluding carboxylic acids is 1. The lowest BCUT2D eigenvalue weighted by atomic mass is 9.97. The second kappa shape index (κ2) is 7.74. The molecule has 0 saturated carbocycles. The van der Waals surface area contributed by atoms with E-state index in [4.69, 9.17) is 9.47 Å². The Labute approximate surface area is 152 Å². The number of fused-ring (bicyclic) bond motifs is 1. The quantitative estimate of drug-likeness (QED) is 0.892. The summed E-state index contributed by atoms with van der Waals surface area (Å²) in [7, 11) is 3.24. The predicted molar refractivity (Wildman–Crippen MR) is 98.2 cm³/mol. The highest BCUT2D eigenvalue weighted by Crippen LogP contribution is 2.33. The van der Waals surface area contributed by atoms with Crippen molar-refractivity contribution >= 4 is 11.6 Å². The second-order valence-electron chi connectivity index (χ2n) is 6.37. The Bertz CT molecular complexity index is 792. The summed E-state index contributed by atoms with van der Waals surface area (Å²) >= 11 is 0. The number of benzene rings is 2. The smallest absolute Gasteiger partial charge is 0.241 e. The standard InChI is InChI=1S/C20H23FN2O3/c1-13(20(24)22-17-6-4-16(21)5-7-17)23-9-8-14-10-18(25-2)19(26-3)11-15(14)12-23/h4-7,10-11,13H,8-9,12H2,1-3H3,(H,22,24)/t13-/m0/s1. The van der Waals surface area contributed by atoms with Crippen LogP contribution in [0, 0.1) is 5.82 Å². The van der Waals surface area contributed by atoms with Crippen LogP contribution in [0.3, 0.4) is 0 Å². The average Bonchev–Trinajstić information content (AvgIpc) is 2.67. The summed E-state index contributed by atoms with van der Waals surface area (Å²) in [6, 6.07) is 9.46. The zero-order chi connectivity index (χ0) is 18.7. The Hall–Kier alpha value is -2.60. The van der Waals surface area contributed by atoms with E-state index in [1.54, 1.807) is 26.4 Å². The lowest BCUT2D eigenvalue weighted by Gasteiger charge is -2.33. The molecule has 1 atom stereocenters. The summed E-state index contributed by atoms with van der Waals surface area (Å²) in [5.41, 5.74) is 2.94. The minimum absolute atomic E-state index is 0.111. The summed E-state index contributed by atoms with van der Waals surface area (Å²) in [5, 5.41) is 2.84. The number of carbonyl (C=O) groups is 1. The van der Waals surface area contributed by atoms with Crippen LogP contribution in [0.2, 0.25) is 0 Å². The second-order valence-corrected chi connectivity index (χ2v) is 6.37. The van der Waals surface area contributed by atoms with Crippen LogP contribution in [0.1, 0.15) is 18.1 Å². The average molecular weight is 358 g/mol. The van der Waals surface area contributed by atoms with E-state index in [0.717, 1.165) is 24.3 Å². The van der Waals surface area contributed by atoms with Crippen LogP contribution in [0.15, 0.2) is 36.4 Å². The number of ether oxygens (including phenoxy) is 2. The molecule has 2 aromatic carbocycles. The molecule has 0 aliphatic carbocycles. The van der Waals surface area contributed by atoms with Gasteiger partial charge in [0.1, 0.15) is 5.82 Å². The summed E-state index contributed by atoms with van der Waals surface area (Å²) in [6.45, 7) is 3.32. The van der Waals surface area contributed by atoms with E-state index < -0.39 is 0 Å². The van der Waals surface area contributed by atoms with Crippen molar-refractivity contribution in [1.29, 1.82) is 0 Å². The number of hydrogen-bond donors (Lipinski definition) is 1. The van der Waals surface area contributed by atoms with Gasteiger partial charge >= 0.3 is 0 Å². The van der Waals surface area contributed by atoms with Crippen molar-refractivity contribution < 1.29 is 18.7 Å². The molecule has 1 aliphatic heterocycles. The highest BCUT2D eigenvalue weighted by atomic mass is 19.1. The van der Waals surface area contributed by atoms with Gasteiger partial charge in [-0.15, -0.1) is 0 Å². The molecule has 0 bridgehead atoms. The van der Waals surface area contributed by atoms with Crippen LogP contribution >= 0.6 is 0 Å². The molecule has 0 radical (unpaired) electrons. The number of methoxy groups -OCH3 is 2. The number of hydrogen-bond acceptors (Lipinski definition) is 4. The molecule has 138 valence electrons. The van der Waals surface area contributed by atoms with Gasteiger partial charge in [0.2, 0.25) is 5.91 Å². The van der Waals surface area contributed by atoms with Crippen LogP contribution in [0.25, 0.3) is 0 Å². The Kier molecular flexibility index (Phi) is 5.42. The first kappa shape index (κ1) is 18.2. The third-order valence-electron chi connectivity index (χ3n) is 4.79. The van der Waals surface area contributed by atoms with E-state index in [2.05, 4.69) is 10.2 Å². The van der Waals surface area contributed by atoms with Crippen molar-refractivity contribution in [3.63, 3.8) is 0 Å². The van der Waals surface area contributed by atoms with Crippen molar-refractivity contribution in [2.24, 2.45) is 0 Å². The number of anilines is 1. The molecule has 5 nitrogen and oxygen atoms in total.